The molecular weight excluding hydrogens is 235 g/mol. The van der Waals surface area contributed by atoms with Crippen LogP contribution in [0.3, 0.4) is 0 Å². The van der Waals surface area contributed by atoms with E-state index in [-0.39, 0.29) is 6.54 Å². The lowest BCUT2D eigenvalue weighted by molar-refractivity contribution is -0.147. The predicted molar refractivity (Wildman–Crippen MR) is 58.8 cm³/mol. The van der Waals surface area contributed by atoms with Gasteiger partial charge in [0, 0.05) is 16.3 Å². The Balaban J connectivity index is 2.29. The first-order valence-electron chi connectivity index (χ1n) is 5.40. The highest BCUT2D eigenvalue weighted by Crippen LogP contribution is 2.40. The number of nitrogens with two attached hydrogens (primary N) is 1. The first-order valence-corrected chi connectivity index (χ1v) is 6.22. The Bertz CT molecular complexity index is 346. The normalized spacial score (nSPS) is 18.2. The fraction of sp³-hybridized carbons (Fsp3) is 0.636. The molecule has 0 fully saturated rings. The van der Waals surface area contributed by atoms with Crippen molar-refractivity contribution in [3.63, 3.8) is 0 Å². The molecule has 0 bridgehead atoms. The smallest absolute Gasteiger partial charge is 0.329 e. The average molecular weight is 249 g/mol. The highest BCUT2D eigenvalue weighted by Gasteiger charge is 2.41. The lowest BCUT2D eigenvalue weighted by Gasteiger charge is -2.16. The van der Waals surface area contributed by atoms with E-state index >= 15 is 0 Å². The van der Waals surface area contributed by atoms with E-state index in [1.165, 1.54) is 11.3 Å². The van der Waals surface area contributed by atoms with E-state index in [9.17, 15) is 13.2 Å². The summed E-state index contributed by atoms with van der Waals surface area (Å²) >= 11 is 1.29. The molecule has 5 heteroatoms. The maximum absolute atomic E-state index is 12.7. The first-order chi connectivity index (χ1) is 7.52. The predicted octanol–water partition coefficient (Wildman–Crippen LogP) is 3.23. The molecule has 1 aromatic heterocycles. The van der Waals surface area contributed by atoms with Crippen LogP contribution in [0, 0.1) is 0 Å². The molecule has 2 N–H and O–H groups in total. The van der Waals surface area contributed by atoms with E-state index in [1.807, 2.05) is 0 Å². The van der Waals surface area contributed by atoms with Crippen LogP contribution in [-0.4, -0.2) is 12.7 Å². The highest BCUT2D eigenvalue weighted by molar-refractivity contribution is 7.12. The molecule has 1 unspecified atom stereocenters. The number of halogens is 3. The molecule has 1 aromatic rings. The van der Waals surface area contributed by atoms with Crippen LogP contribution < -0.4 is 5.73 Å². The van der Waals surface area contributed by atoms with Gasteiger partial charge in [-0.2, -0.15) is 13.2 Å². The van der Waals surface area contributed by atoms with E-state index in [4.69, 9.17) is 5.73 Å². The molecule has 2 rings (SSSR count). The van der Waals surface area contributed by atoms with Gasteiger partial charge in [-0.3, -0.25) is 0 Å². The topological polar surface area (TPSA) is 26.0 Å². The minimum absolute atomic E-state index is 0.358. The number of rotatable bonds is 2. The minimum Gasteiger partial charge on any atom is -0.329 e. The Hall–Kier alpha value is -0.550. The summed E-state index contributed by atoms with van der Waals surface area (Å²) in [5.74, 6) is -1.48. The van der Waals surface area contributed by atoms with Crippen LogP contribution in [0.4, 0.5) is 13.2 Å². The van der Waals surface area contributed by atoms with Crippen molar-refractivity contribution < 1.29 is 13.2 Å². The molecule has 1 nitrogen and oxygen atoms in total. The van der Waals surface area contributed by atoms with Crippen LogP contribution in [0.2, 0.25) is 0 Å². The molecule has 0 aromatic carbocycles. The second kappa shape index (κ2) is 4.37. The summed E-state index contributed by atoms with van der Waals surface area (Å²) in [6.07, 6.45) is -0.201. The lowest BCUT2D eigenvalue weighted by atomic mass is 9.98. The van der Waals surface area contributed by atoms with E-state index in [1.54, 1.807) is 6.07 Å². The van der Waals surface area contributed by atoms with Crippen molar-refractivity contribution in [3.8, 4) is 0 Å². The maximum Gasteiger partial charge on any atom is 0.397 e. The summed E-state index contributed by atoms with van der Waals surface area (Å²) in [7, 11) is 0. The fourth-order valence-corrected chi connectivity index (χ4v) is 3.49. The van der Waals surface area contributed by atoms with Gasteiger partial charge in [0.25, 0.3) is 0 Å². The van der Waals surface area contributed by atoms with Crippen molar-refractivity contribution in [2.75, 3.05) is 6.54 Å². The molecule has 1 atom stereocenters. The van der Waals surface area contributed by atoms with Crippen molar-refractivity contribution in [1.82, 2.24) is 0 Å². The molecule has 90 valence electrons. The number of alkyl halides is 3. The molecular formula is C11H14F3NS. The Kier molecular flexibility index (Phi) is 3.26. The molecule has 0 saturated heterocycles. The van der Waals surface area contributed by atoms with Gasteiger partial charge < -0.3 is 5.73 Å². The minimum atomic E-state index is -4.22. The monoisotopic (exact) mass is 249 g/mol. The Morgan fingerprint density at radius 3 is 2.56 bits per heavy atom. The van der Waals surface area contributed by atoms with Crippen LogP contribution in [0.5, 0.6) is 0 Å². The van der Waals surface area contributed by atoms with Gasteiger partial charge in [-0.15, -0.1) is 11.3 Å². The van der Waals surface area contributed by atoms with Gasteiger partial charge in [0.1, 0.15) is 5.92 Å². The molecule has 16 heavy (non-hydrogen) atoms. The third-order valence-corrected chi connectivity index (χ3v) is 4.34. The largest absolute Gasteiger partial charge is 0.397 e. The zero-order valence-corrected chi connectivity index (χ0v) is 9.63. The summed E-state index contributed by atoms with van der Waals surface area (Å²) in [5, 5.41) is 0. The Morgan fingerprint density at radius 2 is 2.00 bits per heavy atom. The van der Waals surface area contributed by atoms with Crippen molar-refractivity contribution in [3.05, 3.63) is 21.4 Å². The quantitative estimate of drug-likeness (QED) is 0.855. The number of hydrogen-bond acceptors (Lipinski definition) is 2. The molecule has 1 aliphatic rings. The SMILES string of the molecule is NCC(c1cc2c(s1)CCCC2)C(F)(F)F. The first kappa shape index (κ1) is 11.9. The second-order valence-corrected chi connectivity index (χ2v) is 5.30. The van der Waals surface area contributed by atoms with Gasteiger partial charge >= 0.3 is 6.18 Å². The van der Waals surface area contributed by atoms with Crippen LogP contribution in [0.1, 0.15) is 34.1 Å². The Morgan fingerprint density at radius 1 is 1.31 bits per heavy atom. The van der Waals surface area contributed by atoms with E-state index in [0.29, 0.717) is 4.88 Å². The molecule has 0 saturated carbocycles. The van der Waals surface area contributed by atoms with Crippen molar-refractivity contribution >= 4 is 11.3 Å². The molecule has 1 heterocycles. The number of hydrogen-bond donors (Lipinski definition) is 1. The fourth-order valence-electron chi connectivity index (χ4n) is 2.10. The zero-order chi connectivity index (χ0) is 11.8. The third kappa shape index (κ3) is 2.25. The molecule has 1 aliphatic carbocycles. The summed E-state index contributed by atoms with van der Waals surface area (Å²) in [6, 6.07) is 1.71. The maximum atomic E-state index is 12.7. The van der Waals surface area contributed by atoms with Gasteiger partial charge in [0.05, 0.1) is 0 Å². The molecule has 0 radical (unpaired) electrons. The van der Waals surface area contributed by atoms with Crippen LogP contribution in [0.15, 0.2) is 6.07 Å². The highest BCUT2D eigenvalue weighted by atomic mass is 32.1. The summed E-state index contributed by atoms with van der Waals surface area (Å²) in [4.78, 5) is 1.52. The van der Waals surface area contributed by atoms with E-state index in [2.05, 4.69) is 0 Å². The number of thiophene rings is 1. The third-order valence-electron chi connectivity index (χ3n) is 2.99. The summed E-state index contributed by atoms with van der Waals surface area (Å²) in [6.45, 7) is -0.358. The standard InChI is InChI=1S/C11H14F3NS/c12-11(13,14)8(6-15)10-5-7-3-1-2-4-9(7)16-10/h5,8H,1-4,6,15H2. The van der Waals surface area contributed by atoms with Crippen LogP contribution in [-0.2, 0) is 12.8 Å². The van der Waals surface area contributed by atoms with Crippen LogP contribution in [0.25, 0.3) is 0 Å². The molecule has 0 spiro atoms. The number of fused-ring (bicyclic) bond motifs is 1. The second-order valence-electron chi connectivity index (χ2n) is 4.13. The molecule has 0 amide bonds. The van der Waals surface area contributed by atoms with Gasteiger partial charge in [0.15, 0.2) is 0 Å². The summed E-state index contributed by atoms with van der Waals surface area (Å²) < 4.78 is 38.1. The lowest BCUT2D eigenvalue weighted by Crippen LogP contribution is -2.27. The zero-order valence-electron chi connectivity index (χ0n) is 8.81. The van der Waals surface area contributed by atoms with Crippen molar-refractivity contribution in [2.45, 2.75) is 37.8 Å². The van der Waals surface area contributed by atoms with Gasteiger partial charge in [-0.25, -0.2) is 0 Å². The number of aryl methyl sites for hydroxylation is 2. The van der Waals surface area contributed by atoms with Crippen LogP contribution >= 0.6 is 11.3 Å². The van der Waals surface area contributed by atoms with Crippen molar-refractivity contribution in [1.29, 1.82) is 0 Å². The van der Waals surface area contributed by atoms with Gasteiger partial charge in [-0.1, -0.05) is 0 Å². The Labute approximate surface area is 96.5 Å². The van der Waals surface area contributed by atoms with Gasteiger partial charge in [-0.05, 0) is 37.3 Å². The van der Waals surface area contributed by atoms with Crippen molar-refractivity contribution in [2.24, 2.45) is 5.73 Å². The summed E-state index contributed by atoms with van der Waals surface area (Å²) in [5.41, 5.74) is 6.34. The van der Waals surface area contributed by atoms with E-state index < -0.39 is 12.1 Å². The van der Waals surface area contributed by atoms with Gasteiger partial charge in [0.2, 0.25) is 0 Å². The molecule has 0 aliphatic heterocycles. The average Bonchev–Trinajstić information content (AvgIpc) is 2.59. The van der Waals surface area contributed by atoms with E-state index in [0.717, 1.165) is 36.1 Å².